The molecule has 1 amide bonds. The molecule has 106 valence electrons. The molecule has 0 unspecified atom stereocenters. The average Bonchev–Trinajstić information content (AvgIpc) is 2.38. The molecule has 2 rings (SSSR count). The van der Waals surface area contributed by atoms with E-state index in [1.54, 1.807) is 12.1 Å². The molecule has 0 atom stereocenters. The van der Waals surface area contributed by atoms with Crippen molar-refractivity contribution in [1.82, 2.24) is 4.90 Å². The van der Waals surface area contributed by atoms with E-state index in [9.17, 15) is 4.79 Å². The Balaban J connectivity index is 0.00000180. The third kappa shape index (κ3) is 3.87. The summed E-state index contributed by atoms with van der Waals surface area (Å²) in [5.74, 6) is 0.888. The molecule has 1 fully saturated rings. The van der Waals surface area contributed by atoms with Crippen LogP contribution >= 0.6 is 12.4 Å². The van der Waals surface area contributed by atoms with E-state index in [1.165, 1.54) is 12.8 Å². The molecule has 3 nitrogen and oxygen atoms in total. The third-order valence-electron chi connectivity index (χ3n) is 3.99. The van der Waals surface area contributed by atoms with Gasteiger partial charge >= 0.3 is 0 Å². The maximum atomic E-state index is 12.3. The Morgan fingerprint density at radius 3 is 2.47 bits per heavy atom. The second kappa shape index (κ2) is 6.80. The zero-order chi connectivity index (χ0) is 13.1. The predicted octanol–water partition coefficient (Wildman–Crippen LogP) is 3.34. The number of nitrogen functional groups attached to an aromatic ring is 1. The molecule has 1 aromatic rings. The van der Waals surface area contributed by atoms with Crippen LogP contribution in [0.1, 0.15) is 43.0 Å². The number of carbonyl (C=O) groups excluding carboxylic acids is 1. The average molecular weight is 283 g/mol. The first-order valence-corrected chi connectivity index (χ1v) is 6.70. The smallest absolute Gasteiger partial charge is 0.253 e. The highest BCUT2D eigenvalue weighted by atomic mass is 35.5. The molecule has 0 saturated heterocycles. The van der Waals surface area contributed by atoms with E-state index in [4.69, 9.17) is 5.73 Å². The van der Waals surface area contributed by atoms with Crippen molar-refractivity contribution in [2.45, 2.75) is 38.6 Å². The number of benzene rings is 1. The summed E-state index contributed by atoms with van der Waals surface area (Å²) in [5, 5.41) is 0. The van der Waals surface area contributed by atoms with Gasteiger partial charge in [0, 0.05) is 24.3 Å². The first-order chi connectivity index (χ1) is 8.58. The van der Waals surface area contributed by atoms with E-state index in [2.05, 4.69) is 6.92 Å². The van der Waals surface area contributed by atoms with Crippen LogP contribution < -0.4 is 5.73 Å². The lowest BCUT2D eigenvalue weighted by molar-refractivity contribution is 0.0679. The predicted molar refractivity (Wildman–Crippen MR) is 81.6 cm³/mol. The lowest BCUT2D eigenvalue weighted by atomic mass is 9.86. The van der Waals surface area contributed by atoms with E-state index in [0.29, 0.717) is 17.3 Å². The minimum atomic E-state index is 0. The SMILES string of the molecule is CC1CCC(N(C)C(=O)c2cccc(N)c2)CC1.Cl. The number of hydrogen-bond acceptors (Lipinski definition) is 2. The van der Waals surface area contributed by atoms with Gasteiger partial charge in [0.15, 0.2) is 0 Å². The Morgan fingerprint density at radius 2 is 1.89 bits per heavy atom. The monoisotopic (exact) mass is 282 g/mol. The summed E-state index contributed by atoms with van der Waals surface area (Å²) in [6.07, 6.45) is 4.68. The Kier molecular flexibility index (Phi) is 5.67. The molecule has 4 heteroatoms. The van der Waals surface area contributed by atoms with E-state index in [0.717, 1.165) is 18.8 Å². The molecule has 0 radical (unpaired) electrons. The summed E-state index contributed by atoms with van der Waals surface area (Å²) in [5.41, 5.74) is 7.06. The molecule has 0 bridgehead atoms. The second-order valence-electron chi connectivity index (χ2n) is 5.46. The van der Waals surface area contributed by atoms with Gasteiger partial charge in [0.2, 0.25) is 0 Å². The van der Waals surface area contributed by atoms with Gasteiger partial charge in [-0.1, -0.05) is 13.0 Å². The molecule has 1 aromatic carbocycles. The molecule has 2 N–H and O–H groups in total. The molecular weight excluding hydrogens is 260 g/mol. The van der Waals surface area contributed by atoms with E-state index < -0.39 is 0 Å². The van der Waals surface area contributed by atoms with Crippen molar-refractivity contribution in [2.75, 3.05) is 12.8 Å². The highest BCUT2D eigenvalue weighted by Gasteiger charge is 2.25. The summed E-state index contributed by atoms with van der Waals surface area (Å²) >= 11 is 0. The number of nitrogens with two attached hydrogens (primary N) is 1. The van der Waals surface area contributed by atoms with Gasteiger partial charge < -0.3 is 10.6 Å². The number of anilines is 1. The summed E-state index contributed by atoms with van der Waals surface area (Å²) in [6, 6.07) is 7.61. The van der Waals surface area contributed by atoms with Crippen LogP contribution in [0.15, 0.2) is 24.3 Å². The molecular formula is C15H23ClN2O. The largest absolute Gasteiger partial charge is 0.399 e. The number of halogens is 1. The van der Waals surface area contributed by atoms with Gasteiger partial charge in [-0.15, -0.1) is 12.4 Å². The van der Waals surface area contributed by atoms with Crippen LogP contribution in [-0.2, 0) is 0 Å². The molecule has 1 aliphatic carbocycles. The standard InChI is InChI=1S/C15H22N2O.ClH/c1-11-6-8-14(9-7-11)17(2)15(18)12-4-3-5-13(16)10-12;/h3-5,10-11,14H,6-9,16H2,1-2H3;1H. The van der Waals surface area contributed by atoms with Gasteiger partial charge in [0.25, 0.3) is 5.91 Å². The Hall–Kier alpha value is -1.22. The van der Waals surface area contributed by atoms with Crippen LogP contribution in [-0.4, -0.2) is 23.9 Å². The van der Waals surface area contributed by atoms with Crippen LogP contribution in [0.25, 0.3) is 0 Å². The fraction of sp³-hybridized carbons (Fsp3) is 0.533. The number of amides is 1. The van der Waals surface area contributed by atoms with Crippen LogP contribution in [0.5, 0.6) is 0 Å². The fourth-order valence-corrected chi connectivity index (χ4v) is 2.67. The first-order valence-electron chi connectivity index (χ1n) is 6.70. The summed E-state index contributed by atoms with van der Waals surface area (Å²) < 4.78 is 0. The van der Waals surface area contributed by atoms with Crippen molar-refractivity contribution >= 4 is 24.0 Å². The Labute approximate surface area is 121 Å². The zero-order valence-corrected chi connectivity index (χ0v) is 12.5. The fourth-order valence-electron chi connectivity index (χ4n) is 2.67. The quantitative estimate of drug-likeness (QED) is 0.846. The van der Waals surface area contributed by atoms with Crippen LogP contribution in [0.4, 0.5) is 5.69 Å². The van der Waals surface area contributed by atoms with Crippen molar-refractivity contribution < 1.29 is 4.79 Å². The van der Waals surface area contributed by atoms with E-state index in [-0.39, 0.29) is 18.3 Å². The van der Waals surface area contributed by atoms with Gasteiger partial charge in [-0.3, -0.25) is 4.79 Å². The van der Waals surface area contributed by atoms with Crippen molar-refractivity contribution in [3.63, 3.8) is 0 Å². The maximum absolute atomic E-state index is 12.3. The normalized spacial score (nSPS) is 22.4. The Bertz CT molecular complexity index is 428. The van der Waals surface area contributed by atoms with Gasteiger partial charge in [-0.25, -0.2) is 0 Å². The van der Waals surface area contributed by atoms with Gasteiger partial charge in [0.1, 0.15) is 0 Å². The molecule has 1 aliphatic rings. The van der Waals surface area contributed by atoms with Gasteiger partial charge in [-0.05, 0) is 49.8 Å². The lowest BCUT2D eigenvalue weighted by Crippen LogP contribution is -2.39. The first kappa shape index (κ1) is 15.8. The molecule has 0 spiro atoms. The molecule has 19 heavy (non-hydrogen) atoms. The van der Waals surface area contributed by atoms with Crippen LogP contribution in [0, 0.1) is 5.92 Å². The molecule has 0 aromatic heterocycles. The van der Waals surface area contributed by atoms with Crippen LogP contribution in [0.2, 0.25) is 0 Å². The Morgan fingerprint density at radius 1 is 1.26 bits per heavy atom. The summed E-state index contributed by atoms with van der Waals surface area (Å²) in [7, 11) is 1.91. The van der Waals surface area contributed by atoms with Gasteiger partial charge in [0.05, 0.1) is 0 Å². The van der Waals surface area contributed by atoms with E-state index in [1.807, 2.05) is 24.1 Å². The molecule has 1 saturated carbocycles. The van der Waals surface area contributed by atoms with Gasteiger partial charge in [-0.2, -0.15) is 0 Å². The van der Waals surface area contributed by atoms with E-state index >= 15 is 0 Å². The molecule has 0 heterocycles. The maximum Gasteiger partial charge on any atom is 0.253 e. The molecule has 0 aliphatic heterocycles. The van der Waals surface area contributed by atoms with Crippen LogP contribution in [0.3, 0.4) is 0 Å². The zero-order valence-electron chi connectivity index (χ0n) is 11.6. The summed E-state index contributed by atoms with van der Waals surface area (Å²) in [6.45, 7) is 2.29. The number of rotatable bonds is 2. The minimum Gasteiger partial charge on any atom is -0.399 e. The van der Waals surface area contributed by atoms with Crippen molar-refractivity contribution in [2.24, 2.45) is 5.92 Å². The highest BCUT2D eigenvalue weighted by Crippen LogP contribution is 2.27. The van der Waals surface area contributed by atoms with Crippen molar-refractivity contribution in [3.8, 4) is 0 Å². The topological polar surface area (TPSA) is 46.3 Å². The highest BCUT2D eigenvalue weighted by molar-refractivity contribution is 5.95. The minimum absolute atomic E-state index is 0. The number of nitrogens with zero attached hydrogens (tertiary/aromatic N) is 1. The van der Waals surface area contributed by atoms with Crippen molar-refractivity contribution in [3.05, 3.63) is 29.8 Å². The lowest BCUT2D eigenvalue weighted by Gasteiger charge is -2.33. The third-order valence-corrected chi connectivity index (χ3v) is 3.99. The number of hydrogen-bond donors (Lipinski definition) is 1. The summed E-state index contributed by atoms with van der Waals surface area (Å²) in [4.78, 5) is 14.2. The second-order valence-corrected chi connectivity index (χ2v) is 5.46. The van der Waals surface area contributed by atoms with Crippen molar-refractivity contribution in [1.29, 1.82) is 0 Å². The number of carbonyl (C=O) groups is 1.